The SMILES string of the molecule is COc1cc(N2CC(C)C(=O)NC2=O)ccc1Cl. The third-order valence-corrected chi connectivity index (χ3v) is 3.14. The number of nitrogens with one attached hydrogen (secondary N) is 1. The van der Waals surface area contributed by atoms with Gasteiger partial charge < -0.3 is 4.74 Å². The molecule has 1 aliphatic heterocycles. The predicted molar refractivity (Wildman–Crippen MR) is 68.1 cm³/mol. The Balaban J connectivity index is 2.31. The first-order valence-electron chi connectivity index (χ1n) is 5.49. The molecule has 6 heteroatoms. The van der Waals surface area contributed by atoms with Gasteiger partial charge in [-0.15, -0.1) is 0 Å². The Morgan fingerprint density at radius 2 is 2.17 bits per heavy atom. The van der Waals surface area contributed by atoms with Gasteiger partial charge in [0, 0.05) is 18.3 Å². The van der Waals surface area contributed by atoms with Gasteiger partial charge in [0.25, 0.3) is 0 Å². The quantitative estimate of drug-likeness (QED) is 0.893. The Morgan fingerprint density at radius 3 is 2.83 bits per heavy atom. The lowest BCUT2D eigenvalue weighted by Crippen LogP contribution is -2.53. The highest BCUT2D eigenvalue weighted by atomic mass is 35.5. The van der Waals surface area contributed by atoms with Gasteiger partial charge in [0.05, 0.1) is 18.1 Å². The number of anilines is 1. The highest BCUT2D eigenvalue weighted by Gasteiger charge is 2.30. The molecular weight excluding hydrogens is 256 g/mol. The molecule has 1 aliphatic rings. The molecule has 1 aromatic carbocycles. The number of benzene rings is 1. The van der Waals surface area contributed by atoms with Gasteiger partial charge >= 0.3 is 6.03 Å². The van der Waals surface area contributed by atoms with E-state index in [0.717, 1.165) is 0 Å². The minimum absolute atomic E-state index is 0.246. The van der Waals surface area contributed by atoms with Crippen molar-refractivity contribution in [1.82, 2.24) is 5.32 Å². The van der Waals surface area contributed by atoms with Crippen LogP contribution in [0.25, 0.3) is 0 Å². The second kappa shape index (κ2) is 4.86. The van der Waals surface area contributed by atoms with E-state index in [1.165, 1.54) is 12.0 Å². The standard InChI is InChI=1S/C12H13ClN2O3/c1-7-6-15(12(17)14-11(7)16)8-3-4-9(13)10(5-8)18-2/h3-5,7H,6H2,1-2H3,(H,14,16,17). The predicted octanol–water partition coefficient (Wildman–Crippen LogP) is 2.04. The number of nitrogens with zero attached hydrogens (tertiary/aromatic N) is 1. The highest BCUT2D eigenvalue weighted by Crippen LogP contribution is 2.30. The third-order valence-electron chi connectivity index (χ3n) is 2.83. The van der Waals surface area contributed by atoms with Crippen molar-refractivity contribution in [3.8, 4) is 5.75 Å². The van der Waals surface area contributed by atoms with Crippen molar-refractivity contribution in [3.05, 3.63) is 23.2 Å². The minimum Gasteiger partial charge on any atom is -0.495 e. The van der Waals surface area contributed by atoms with Crippen LogP contribution in [0, 0.1) is 5.92 Å². The van der Waals surface area contributed by atoms with E-state index in [-0.39, 0.29) is 11.8 Å². The van der Waals surface area contributed by atoms with Crippen LogP contribution in [0.4, 0.5) is 10.5 Å². The van der Waals surface area contributed by atoms with Crippen molar-refractivity contribution >= 4 is 29.2 Å². The summed E-state index contributed by atoms with van der Waals surface area (Å²) >= 11 is 5.93. The Hall–Kier alpha value is -1.75. The van der Waals surface area contributed by atoms with Crippen molar-refractivity contribution in [1.29, 1.82) is 0 Å². The molecular formula is C12H13ClN2O3. The molecule has 0 radical (unpaired) electrons. The molecule has 1 fully saturated rings. The maximum Gasteiger partial charge on any atom is 0.328 e. The molecule has 0 aliphatic carbocycles. The van der Waals surface area contributed by atoms with Crippen LogP contribution < -0.4 is 15.0 Å². The number of carbonyl (C=O) groups excluding carboxylic acids is 2. The van der Waals surface area contributed by atoms with Crippen LogP contribution in [0.5, 0.6) is 5.75 Å². The number of methoxy groups -OCH3 is 1. The molecule has 5 nitrogen and oxygen atoms in total. The molecule has 0 aromatic heterocycles. The molecule has 1 N–H and O–H groups in total. The second-order valence-corrected chi connectivity index (χ2v) is 4.53. The molecule has 0 spiro atoms. The average Bonchev–Trinajstić information content (AvgIpc) is 2.35. The number of halogens is 1. The van der Waals surface area contributed by atoms with Crippen LogP contribution in [0.15, 0.2) is 18.2 Å². The van der Waals surface area contributed by atoms with Crippen LogP contribution in [-0.2, 0) is 4.79 Å². The van der Waals surface area contributed by atoms with E-state index >= 15 is 0 Å². The average molecular weight is 269 g/mol. The molecule has 96 valence electrons. The number of rotatable bonds is 2. The van der Waals surface area contributed by atoms with E-state index in [0.29, 0.717) is 23.0 Å². The molecule has 3 amide bonds. The van der Waals surface area contributed by atoms with Gasteiger partial charge in [0.2, 0.25) is 5.91 Å². The summed E-state index contributed by atoms with van der Waals surface area (Å²) in [6.45, 7) is 2.11. The summed E-state index contributed by atoms with van der Waals surface area (Å²) < 4.78 is 5.10. The van der Waals surface area contributed by atoms with Crippen molar-refractivity contribution in [2.24, 2.45) is 5.92 Å². The van der Waals surface area contributed by atoms with E-state index in [1.54, 1.807) is 25.1 Å². The van der Waals surface area contributed by atoms with Crippen LogP contribution in [0.3, 0.4) is 0 Å². The van der Waals surface area contributed by atoms with Gasteiger partial charge in [-0.1, -0.05) is 18.5 Å². The minimum atomic E-state index is -0.428. The van der Waals surface area contributed by atoms with E-state index in [9.17, 15) is 9.59 Å². The molecule has 1 aromatic rings. The molecule has 1 heterocycles. The Bertz CT molecular complexity index is 504. The number of hydrogen-bond acceptors (Lipinski definition) is 3. The molecule has 2 rings (SSSR count). The second-order valence-electron chi connectivity index (χ2n) is 4.12. The number of ether oxygens (including phenoxy) is 1. The number of hydrogen-bond donors (Lipinski definition) is 1. The number of amides is 3. The smallest absolute Gasteiger partial charge is 0.328 e. The Kier molecular flexibility index (Phi) is 3.43. The van der Waals surface area contributed by atoms with Crippen molar-refractivity contribution < 1.29 is 14.3 Å². The fourth-order valence-corrected chi connectivity index (χ4v) is 1.97. The molecule has 18 heavy (non-hydrogen) atoms. The van der Waals surface area contributed by atoms with Crippen molar-refractivity contribution in [2.75, 3.05) is 18.6 Å². The summed E-state index contributed by atoms with van der Waals surface area (Å²) in [7, 11) is 1.51. The van der Waals surface area contributed by atoms with Crippen LogP contribution in [0.1, 0.15) is 6.92 Å². The first-order valence-corrected chi connectivity index (χ1v) is 5.86. The van der Waals surface area contributed by atoms with Crippen molar-refractivity contribution in [3.63, 3.8) is 0 Å². The zero-order chi connectivity index (χ0) is 13.3. The van der Waals surface area contributed by atoms with Gasteiger partial charge in [-0.2, -0.15) is 0 Å². The lowest BCUT2D eigenvalue weighted by atomic mass is 10.1. The Labute approximate surface area is 110 Å². The van der Waals surface area contributed by atoms with Gasteiger partial charge in [0.1, 0.15) is 5.75 Å². The van der Waals surface area contributed by atoms with Crippen LogP contribution in [0.2, 0.25) is 5.02 Å². The maximum absolute atomic E-state index is 11.8. The first-order chi connectivity index (χ1) is 8.52. The van der Waals surface area contributed by atoms with Crippen molar-refractivity contribution in [2.45, 2.75) is 6.92 Å². The van der Waals surface area contributed by atoms with E-state index in [1.807, 2.05) is 0 Å². The monoisotopic (exact) mass is 268 g/mol. The number of carbonyl (C=O) groups is 2. The highest BCUT2D eigenvalue weighted by molar-refractivity contribution is 6.32. The fraction of sp³-hybridized carbons (Fsp3) is 0.333. The maximum atomic E-state index is 11.8. The van der Waals surface area contributed by atoms with Gasteiger partial charge in [-0.3, -0.25) is 15.0 Å². The third kappa shape index (κ3) is 2.26. The first kappa shape index (κ1) is 12.7. The van der Waals surface area contributed by atoms with Gasteiger partial charge in [-0.05, 0) is 12.1 Å². The molecule has 1 unspecified atom stereocenters. The van der Waals surface area contributed by atoms with Gasteiger partial charge in [-0.25, -0.2) is 4.79 Å². The lowest BCUT2D eigenvalue weighted by Gasteiger charge is -2.30. The summed E-state index contributed by atoms with van der Waals surface area (Å²) in [6.07, 6.45) is 0. The summed E-state index contributed by atoms with van der Waals surface area (Å²) in [6, 6.07) is 4.61. The zero-order valence-electron chi connectivity index (χ0n) is 10.1. The normalized spacial score (nSPS) is 19.7. The lowest BCUT2D eigenvalue weighted by molar-refractivity contribution is -0.123. The van der Waals surface area contributed by atoms with E-state index in [4.69, 9.17) is 16.3 Å². The molecule has 1 saturated heterocycles. The molecule has 1 atom stereocenters. The van der Waals surface area contributed by atoms with E-state index < -0.39 is 6.03 Å². The topological polar surface area (TPSA) is 58.6 Å². The summed E-state index contributed by atoms with van der Waals surface area (Å²) in [5.41, 5.74) is 0.646. The van der Waals surface area contributed by atoms with Crippen LogP contribution >= 0.6 is 11.6 Å². The fourth-order valence-electron chi connectivity index (χ4n) is 1.77. The largest absolute Gasteiger partial charge is 0.495 e. The summed E-state index contributed by atoms with van der Waals surface area (Å²) in [5, 5.41) is 2.78. The summed E-state index contributed by atoms with van der Waals surface area (Å²) in [5.74, 6) is -0.00642. The summed E-state index contributed by atoms with van der Waals surface area (Å²) in [4.78, 5) is 24.6. The molecule has 0 bridgehead atoms. The zero-order valence-corrected chi connectivity index (χ0v) is 10.8. The molecule has 0 saturated carbocycles. The van der Waals surface area contributed by atoms with E-state index in [2.05, 4.69) is 5.32 Å². The number of urea groups is 1. The van der Waals surface area contributed by atoms with Gasteiger partial charge in [0.15, 0.2) is 0 Å². The number of imide groups is 1. The van der Waals surface area contributed by atoms with Crippen LogP contribution in [-0.4, -0.2) is 25.6 Å². The Morgan fingerprint density at radius 1 is 1.44 bits per heavy atom.